The molecule has 1 aromatic carbocycles. The van der Waals surface area contributed by atoms with Gasteiger partial charge in [-0.15, -0.1) is 0 Å². The van der Waals surface area contributed by atoms with Crippen molar-refractivity contribution in [2.45, 2.75) is 25.7 Å². The summed E-state index contributed by atoms with van der Waals surface area (Å²) in [5.74, 6) is 0.866. The summed E-state index contributed by atoms with van der Waals surface area (Å²) in [6.07, 6.45) is 1.03. The minimum Gasteiger partial charge on any atom is -0.493 e. The fourth-order valence-corrected chi connectivity index (χ4v) is 3.09. The minimum absolute atomic E-state index is 0.120. The molecule has 0 saturated carbocycles. The predicted octanol–water partition coefficient (Wildman–Crippen LogP) is 3.06. The molecule has 4 nitrogen and oxygen atoms in total. The number of ether oxygens (including phenoxy) is 1. The molecule has 5 heteroatoms. The van der Waals surface area contributed by atoms with E-state index in [1.54, 1.807) is 11.7 Å². The van der Waals surface area contributed by atoms with E-state index < -0.39 is 0 Å². The van der Waals surface area contributed by atoms with Gasteiger partial charge in [-0.05, 0) is 19.4 Å². The van der Waals surface area contributed by atoms with Crippen LogP contribution in [0.5, 0.6) is 5.75 Å². The zero-order valence-electron chi connectivity index (χ0n) is 12.1. The smallest absolute Gasteiger partial charge is 0.145 e. The lowest BCUT2D eigenvalue weighted by molar-refractivity contribution is -0.120. The molecule has 3 rings (SSSR count). The van der Waals surface area contributed by atoms with Crippen molar-refractivity contribution in [2.24, 2.45) is 7.05 Å². The van der Waals surface area contributed by atoms with Crippen molar-refractivity contribution >= 4 is 17.4 Å². The summed E-state index contributed by atoms with van der Waals surface area (Å²) in [5, 5.41) is 4.80. The number of ketones is 1. The fourth-order valence-electron chi connectivity index (χ4n) is 2.85. The van der Waals surface area contributed by atoms with E-state index in [2.05, 4.69) is 5.10 Å². The van der Waals surface area contributed by atoms with Crippen LogP contribution in [0.2, 0.25) is 5.15 Å². The van der Waals surface area contributed by atoms with Gasteiger partial charge in [0.25, 0.3) is 0 Å². The normalized spacial score (nSPS) is 17.2. The van der Waals surface area contributed by atoms with Crippen LogP contribution in [0.1, 0.15) is 29.2 Å². The molecular formula is C16H17ClN2O2. The van der Waals surface area contributed by atoms with Crippen molar-refractivity contribution in [2.75, 3.05) is 6.61 Å². The average molecular weight is 305 g/mol. The van der Waals surface area contributed by atoms with Crippen LogP contribution in [-0.2, 0) is 18.3 Å². The van der Waals surface area contributed by atoms with Crippen LogP contribution in [0, 0.1) is 6.92 Å². The average Bonchev–Trinajstić information content (AvgIpc) is 2.73. The molecule has 1 atom stereocenters. The van der Waals surface area contributed by atoms with Crippen LogP contribution in [0.3, 0.4) is 0 Å². The van der Waals surface area contributed by atoms with E-state index in [1.807, 2.05) is 31.2 Å². The number of hydrogen-bond acceptors (Lipinski definition) is 3. The largest absolute Gasteiger partial charge is 0.493 e. The van der Waals surface area contributed by atoms with Crippen LogP contribution in [0.4, 0.5) is 0 Å². The molecule has 2 aromatic rings. The van der Waals surface area contributed by atoms with Gasteiger partial charge >= 0.3 is 0 Å². The Balaban J connectivity index is 1.87. The van der Waals surface area contributed by atoms with Gasteiger partial charge in [0.15, 0.2) is 0 Å². The Morgan fingerprint density at radius 1 is 1.48 bits per heavy atom. The van der Waals surface area contributed by atoms with E-state index in [9.17, 15) is 4.79 Å². The first-order valence-corrected chi connectivity index (χ1v) is 7.38. The molecule has 0 saturated heterocycles. The third-order valence-corrected chi connectivity index (χ3v) is 4.44. The van der Waals surface area contributed by atoms with Gasteiger partial charge < -0.3 is 4.74 Å². The van der Waals surface area contributed by atoms with Gasteiger partial charge in [-0.2, -0.15) is 5.10 Å². The number of rotatable bonds is 3. The number of fused-ring (bicyclic) bond motifs is 1. The van der Waals surface area contributed by atoms with Gasteiger partial charge in [0.2, 0.25) is 0 Å². The summed E-state index contributed by atoms with van der Waals surface area (Å²) in [7, 11) is 1.78. The molecule has 0 N–H and O–H groups in total. The Labute approximate surface area is 128 Å². The van der Waals surface area contributed by atoms with Crippen molar-refractivity contribution in [1.82, 2.24) is 9.78 Å². The maximum absolute atomic E-state index is 12.7. The summed E-state index contributed by atoms with van der Waals surface area (Å²) in [6, 6.07) is 7.75. The van der Waals surface area contributed by atoms with Gasteiger partial charge in [0.1, 0.15) is 16.7 Å². The monoisotopic (exact) mass is 304 g/mol. The quantitative estimate of drug-likeness (QED) is 0.875. The lowest BCUT2D eigenvalue weighted by Crippen LogP contribution is -2.22. The first-order valence-electron chi connectivity index (χ1n) is 7.00. The van der Waals surface area contributed by atoms with Crippen LogP contribution in [0.25, 0.3) is 0 Å². The van der Waals surface area contributed by atoms with Gasteiger partial charge in [-0.3, -0.25) is 9.48 Å². The van der Waals surface area contributed by atoms with E-state index in [0.29, 0.717) is 24.6 Å². The summed E-state index contributed by atoms with van der Waals surface area (Å²) >= 11 is 6.22. The number of carbonyl (C=O) groups is 1. The van der Waals surface area contributed by atoms with Crippen molar-refractivity contribution in [3.05, 3.63) is 46.2 Å². The second-order valence-electron chi connectivity index (χ2n) is 5.35. The first-order chi connectivity index (χ1) is 10.1. The molecule has 21 heavy (non-hydrogen) atoms. The van der Waals surface area contributed by atoms with Crippen LogP contribution >= 0.6 is 11.6 Å². The Morgan fingerprint density at radius 3 is 2.95 bits per heavy atom. The topological polar surface area (TPSA) is 44.1 Å². The predicted molar refractivity (Wildman–Crippen MR) is 81.0 cm³/mol. The number of benzene rings is 1. The van der Waals surface area contributed by atoms with Gasteiger partial charge in [-0.1, -0.05) is 29.8 Å². The molecule has 110 valence electrons. The lowest BCUT2D eigenvalue weighted by atomic mass is 9.87. The maximum Gasteiger partial charge on any atom is 0.145 e. The zero-order chi connectivity index (χ0) is 15.0. The molecule has 1 unspecified atom stereocenters. The van der Waals surface area contributed by atoms with E-state index >= 15 is 0 Å². The number of para-hydroxylation sites is 1. The first kappa shape index (κ1) is 14.1. The molecule has 0 amide bonds. The third kappa shape index (κ3) is 2.56. The number of hydrogen-bond donors (Lipinski definition) is 0. The molecule has 1 aliphatic rings. The Hall–Kier alpha value is -1.81. The molecule has 1 aliphatic heterocycles. The molecular weight excluding hydrogens is 288 g/mol. The number of aromatic nitrogens is 2. The van der Waals surface area contributed by atoms with Crippen molar-refractivity contribution in [1.29, 1.82) is 0 Å². The summed E-state index contributed by atoms with van der Waals surface area (Å²) in [6.45, 7) is 2.46. The highest BCUT2D eigenvalue weighted by Crippen LogP contribution is 2.35. The highest BCUT2D eigenvalue weighted by Gasteiger charge is 2.28. The zero-order valence-corrected chi connectivity index (χ0v) is 12.9. The fraction of sp³-hybridized carbons (Fsp3) is 0.375. The van der Waals surface area contributed by atoms with Crippen LogP contribution in [-0.4, -0.2) is 22.2 Å². The highest BCUT2D eigenvalue weighted by atomic mass is 35.5. The number of halogens is 1. The number of nitrogens with zero attached hydrogens (tertiary/aromatic N) is 2. The second kappa shape index (κ2) is 5.53. The molecule has 0 aliphatic carbocycles. The van der Waals surface area contributed by atoms with Crippen LogP contribution in [0.15, 0.2) is 24.3 Å². The summed E-state index contributed by atoms with van der Waals surface area (Å²) in [5.41, 5.74) is 2.62. The number of Topliss-reactive ketones (excluding diaryl/α,β-unsaturated/α-hetero) is 1. The highest BCUT2D eigenvalue weighted by molar-refractivity contribution is 6.30. The van der Waals surface area contributed by atoms with Gasteiger partial charge in [0, 0.05) is 30.5 Å². The Morgan fingerprint density at radius 2 is 2.24 bits per heavy atom. The molecule has 2 heterocycles. The van der Waals surface area contributed by atoms with E-state index in [-0.39, 0.29) is 11.7 Å². The van der Waals surface area contributed by atoms with E-state index in [1.165, 1.54) is 0 Å². The minimum atomic E-state index is -0.120. The molecule has 0 radical (unpaired) electrons. The summed E-state index contributed by atoms with van der Waals surface area (Å²) in [4.78, 5) is 12.7. The standard InChI is InChI=1S/C16H17ClN2O2/c1-10-13(16(17)19(2)18-10)9-14(20)11-7-8-21-15-6-4-3-5-12(11)15/h3-6,11H,7-9H2,1-2H3. The Bertz CT molecular complexity index is 694. The third-order valence-electron chi connectivity index (χ3n) is 3.97. The SMILES string of the molecule is Cc1nn(C)c(Cl)c1CC(=O)C1CCOc2ccccc21. The van der Waals surface area contributed by atoms with Gasteiger partial charge in [-0.25, -0.2) is 0 Å². The van der Waals surface area contributed by atoms with Crippen LogP contribution < -0.4 is 4.74 Å². The molecule has 0 fully saturated rings. The maximum atomic E-state index is 12.7. The summed E-state index contributed by atoms with van der Waals surface area (Å²) < 4.78 is 7.22. The second-order valence-corrected chi connectivity index (χ2v) is 5.71. The van der Waals surface area contributed by atoms with Crippen molar-refractivity contribution in [3.63, 3.8) is 0 Å². The lowest BCUT2D eigenvalue weighted by Gasteiger charge is -2.24. The Kier molecular flexibility index (Phi) is 3.72. The van der Waals surface area contributed by atoms with E-state index in [4.69, 9.17) is 16.3 Å². The van der Waals surface area contributed by atoms with Crippen molar-refractivity contribution < 1.29 is 9.53 Å². The number of carbonyl (C=O) groups excluding carboxylic acids is 1. The molecule has 0 spiro atoms. The van der Waals surface area contributed by atoms with Gasteiger partial charge in [0.05, 0.1) is 12.3 Å². The number of aryl methyl sites for hydroxylation is 2. The van der Waals surface area contributed by atoms with E-state index in [0.717, 1.165) is 22.6 Å². The molecule has 1 aromatic heterocycles. The van der Waals surface area contributed by atoms with Crippen molar-refractivity contribution in [3.8, 4) is 5.75 Å². The molecule has 0 bridgehead atoms.